The summed E-state index contributed by atoms with van der Waals surface area (Å²) >= 11 is 5.98. The van der Waals surface area contributed by atoms with E-state index in [1.165, 1.54) is 0 Å². The number of para-hydroxylation sites is 1. The molecule has 3 rings (SSSR count). The quantitative estimate of drug-likeness (QED) is 0.871. The van der Waals surface area contributed by atoms with Crippen molar-refractivity contribution in [2.24, 2.45) is 0 Å². The Bertz CT molecular complexity index is 794. The van der Waals surface area contributed by atoms with Crippen LogP contribution in [0.2, 0.25) is 5.02 Å². The molecular formula is C15H11ClO3S. The zero-order valence-electron chi connectivity index (χ0n) is 10.4. The average Bonchev–Trinajstić information content (AvgIpc) is 2.70. The summed E-state index contributed by atoms with van der Waals surface area (Å²) in [6.45, 7) is -0.0270. The highest BCUT2D eigenvalue weighted by Gasteiger charge is 2.29. The van der Waals surface area contributed by atoms with Crippen LogP contribution in [0.15, 0.2) is 58.3 Å². The van der Waals surface area contributed by atoms with Gasteiger partial charge < -0.3 is 4.74 Å². The van der Waals surface area contributed by atoms with Crippen LogP contribution in [0.1, 0.15) is 5.56 Å². The maximum absolute atomic E-state index is 12.3. The van der Waals surface area contributed by atoms with E-state index in [1.54, 1.807) is 48.5 Å². The smallest absolute Gasteiger partial charge is 0.206 e. The third-order valence-electron chi connectivity index (χ3n) is 3.08. The van der Waals surface area contributed by atoms with Crippen molar-refractivity contribution in [1.29, 1.82) is 0 Å². The summed E-state index contributed by atoms with van der Waals surface area (Å²) in [5, 5.41) is 0.459. The number of rotatable bonds is 3. The highest BCUT2D eigenvalue weighted by Crippen LogP contribution is 2.33. The maximum atomic E-state index is 12.3. The molecule has 2 aromatic carbocycles. The Hall–Kier alpha value is -1.78. The maximum Gasteiger partial charge on any atom is 0.206 e. The molecule has 5 heteroatoms. The molecule has 0 amide bonds. The molecule has 1 aliphatic heterocycles. The minimum absolute atomic E-state index is 0.0270. The molecular weight excluding hydrogens is 296 g/mol. The SMILES string of the molecule is O=S1(=O)C(COc2ccccc2Cl)=Cc2ccccc21. The van der Waals surface area contributed by atoms with Crippen LogP contribution in [0.3, 0.4) is 0 Å². The Morgan fingerprint density at radius 2 is 1.70 bits per heavy atom. The summed E-state index contributed by atoms with van der Waals surface area (Å²) in [6.07, 6.45) is 1.64. The highest BCUT2D eigenvalue weighted by atomic mass is 35.5. The van der Waals surface area contributed by atoms with Crippen LogP contribution in [0.4, 0.5) is 0 Å². The summed E-state index contributed by atoms with van der Waals surface area (Å²) < 4.78 is 30.1. The predicted molar refractivity (Wildman–Crippen MR) is 78.6 cm³/mol. The second-order valence-electron chi connectivity index (χ2n) is 4.37. The van der Waals surface area contributed by atoms with Gasteiger partial charge in [-0.2, -0.15) is 0 Å². The van der Waals surface area contributed by atoms with Crippen LogP contribution in [0.5, 0.6) is 5.75 Å². The molecule has 0 N–H and O–H groups in total. The first-order chi connectivity index (χ1) is 9.59. The molecule has 3 nitrogen and oxygen atoms in total. The molecule has 0 unspecified atom stereocenters. The zero-order chi connectivity index (χ0) is 14.2. The van der Waals surface area contributed by atoms with E-state index >= 15 is 0 Å². The lowest BCUT2D eigenvalue weighted by molar-refractivity contribution is 0.359. The fourth-order valence-corrected chi connectivity index (χ4v) is 3.73. The van der Waals surface area contributed by atoms with Gasteiger partial charge in [-0.05, 0) is 29.8 Å². The number of benzene rings is 2. The van der Waals surface area contributed by atoms with Crippen molar-refractivity contribution in [2.45, 2.75) is 4.90 Å². The van der Waals surface area contributed by atoms with Crippen LogP contribution in [0, 0.1) is 0 Å². The normalized spacial score (nSPS) is 15.6. The van der Waals surface area contributed by atoms with Gasteiger partial charge in [0.1, 0.15) is 12.4 Å². The van der Waals surface area contributed by atoms with Crippen LogP contribution in [0.25, 0.3) is 6.08 Å². The lowest BCUT2D eigenvalue weighted by atomic mass is 10.2. The van der Waals surface area contributed by atoms with Gasteiger partial charge >= 0.3 is 0 Å². The molecule has 0 fully saturated rings. The zero-order valence-corrected chi connectivity index (χ0v) is 12.0. The van der Waals surface area contributed by atoms with Gasteiger partial charge in [-0.1, -0.05) is 41.9 Å². The number of sulfone groups is 1. The summed E-state index contributed by atoms with van der Waals surface area (Å²) in [5.41, 5.74) is 0.699. The van der Waals surface area contributed by atoms with Gasteiger partial charge in [0.05, 0.1) is 14.8 Å². The van der Waals surface area contributed by atoms with Crippen molar-refractivity contribution in [3.63, 3.8) is 0 Å². The number of hydrogen-bond acceptors (Lipinski definition) is 3. The standard InChI is InChI=1S/C15H11ClO3S/c16-13-6-2-3-7-14(13)19-10-12-9-11-5-1-4-8-15(11)20(12,17)18/h1-9H,10H2. The lowest BCUT2D eigenvalue weighted by Crippen LogP contribution is -2.09. The van der Waals surface area contributed by atoms with E-state index < -0.39 is 9.84 Å². The Morgan fingerprint density at radius 3 is 2.45 bits per heavy atom. The van der Waals surface area contributed by atoms with Gasteiger partial charge in [-0.3, -0.25) is 0 Å². The topological polar surface area (TPSA) is 43.4 Å². The van der Waals surface area contributed by atoms with E-state index in [1.807, 2.05) is 6.07 Å². The van der Waals surface area contributed by atoms with Crippen molar-refractivity contribution in [3.8, 4) is 5.75 Å². The number of hydrogen-bond donors (Lipinski definition) is 0. The second-order valence-corrected chi connectivity index (χ2v) is 6.75. The Morgan fingerprint density at radius 1 is 1.00 bits per heavy atom. The van der Waals surface area contributed by atoms with Crippen molar-refractivity contribution < 1.29 is 13.2 Å². The largest absolute Gasteiger partial charge is 0.487 e. The minimum atomic E-state index is -3.44. The molecule has 0 saturated heterocycles. The third kappa shape index (κ3) is 2.21. The van der Waals surface area contributed by atoms with Crippen LogP contribution >= 0.6 is 11.6 Å². The third-order valence-corrected chi connectivity index (χ3v) is 5.27. The van der Waals surface area contributed by atoms with E-state index in [2.05, 4.69) is 0 Å². The van der Waals surface area contributed by atoms with Crippen LogP contribution in [-0.4, -0.2) is 15.0 Å². The van der Waals surface area contributed by atoms with E-state index in [9.17, 15) is 8.42 Å². The molecule has 0 atom stereocenters. The van der Waals surface area contributed by atoms with Gasteiger partial charge in [0.25, 0.3) is 0 Å². The van der Waals surface area contributed by atoms with Crippen LogP contribution < -0.4 is 4.74 Å². The second kappa shape index (κ2) is 4.96. The Balaban J connectivity index is 1.86. The molecule has 2 aromatic rings. The number of ether oxygens (including phenoxy) is 1. The Kier molecular flexibility index (Phi) is 3.28. The summed E-state index contributed by atoms with van der Waals surface area (Å²) in [7, 11) is -3.44. The molecule has 0 aromatic heterocycles. The molecule has 1 heterocycles. The molecule has 0 spiro atoms. The number of fused-ring (bicyclic) bond motifs is 1. The molecule has 0 bridgehead atoms. The van der Waals surface area contributed by atoms with Crippen LogP contribution in [-0.2, 0) is 9.84 Å². The van der Waals surface area contributed by atoms with E-state index in [0.717, 1.165) is 0 Å². The molecule has 20 heavy (non-hydrogen) atoms. The number of halogens is 1. The van der Waals surface area contributed by atoms with E-state index in [4.69, 9.17) is 16.3 Å². The fourth-order valence-electron chi connectivity index (χ4n) is 2.07. The molecule has 0 radical (unpaired) electrons. The fraction of sp³-hybridized carbons (Fsp3) is 0.0667. The van der Waals surface area contributed by atoms with E-state index in [0.29, 0.717) is 21.2 Å². The molecule has 102 valence electrons. The summed E-state index contributed by atoms with van der Waals surface area (Å²) in [6, 6.07) is 13.9. The molecule has 0 aliphatic carbocycles. The summed E-state index contributed by atoms with van der Waals surface area (Å²) in [4.78, 5) is 0.580. The Labute approximate surface area is 122 Å². The van der Waals surface area contributed by atoms with Crippen molar-refractivity contribution in [2.75, 3.05) is 6.61 Å². The van der Waals surface area contributed by atoms with Crippen molar-refractivity contribution in [1.82, 2.24) is 0 Å². The summed E-state index contributed by atoms with van der Waals surface area (Å²) in [5.74, 6) is 0.473. The van der Waals surface area contributed by atoms with E-state index in [-0.39, 0.29) is 11.5 Å². The highest BCUT2D eigenvalue weighted by molar-refractivity contribution is 7.95. The first kappa shape index (κ1) is 13.2. The first-order valence-electron chi connectivity index (χ1n) is 6.01. The monoisotopic (exact) mass is 306 g/mol. The first-order valence-corrected chi connectivity index (χ1v) is 7.87. The minimum Gasteiger partial charge on any atom is -0.487 e. The van der Waals surface area contributed by atoms with Gasteiger partial charge in [0.15, 0.2) is 0 Å². The predicted octanol–water partition coefficient (Wildman–Crippen LogP) is 3.55. The van der Waals surface area contributed by atoms with Gasteiger partial charge in [-0.15, -0.1) is 0 Å². The van der Waals surface area contributed by atoms with Gasteiger partial charge in [0, 0.05) is 0 Å². The van der Waals surface area contributed by atoms with Crippen molar-refractivity contribution >= 4 is 27.5 Å². The molecule has 0 saturated carbocycles. The average molecular weight is 307 g/mol. The molecule has 1 aliphatic rings. The van der Waals surface area contributed by atoms with Gasteiger partial charge in [0.2, 0.25) is 9.84 Å². The lowest BCUT2D eigenvalue weighted by Gasteiger charge is -2.08. The van der Waals surface area contributed by atoms with Gasteiger partial charge in [-0.25, -0.2) is 8.42 Å². The van der Waals surface area contributed by atoms with Crippen molar-refractivity contribution in [3.05, 3.63) is 64.0 Å².